The Morgan fingerprint density at radius 3 is 1.11 bits per heavy atom. The van der Waals surface area contributed by atoms with E-state index in [1.54, 1.807) is 0 Å². The number of amides is 1. The highest BCUT2D eigenvalue weighted by atomic mass is 16.5. The third-order valence-corrected chi connectivity index (χ3v) is 13.7. The molecule has 0 aliphatic heterocycles. The number of rotatable bonds is 50. The first-order chi connectivity index (χ1) is 31.2. The standard InChI is InChI=1S/C57H112N2O5/c1-8-13-18-21-30-37-48-59(49-38-47-58(6)7)57(62)54(43-33-26-22-24-28-35-45-55(60)63-50-52(39-16-11-4)41-31-19-14-9-2)44-34-27-23-25-29-36-46-56(61)64-51-53(40-17-12-5)42-32-20-15-10-3/h52-54H,8-51H2,1-7H3. The van der Waals surface area contributed by atoms with E-state index < -0.39 is 0 Å². The predicted molar refractivity (Wildman–Crippen MR) is 276 cm³/mol. The Morgan fingerprint density at radius 1 is 0.359 bits per heavy atom. The minimum atomic E-state index is -0.0120. The van der Waals surface area contributed by atoms with Gasteiger partial charge in [0.2, 0.25) is 5.91 Å². The van der Waals surface area contributed by atoms with E-state index in [0.29, 0.717) is 43.8 Å². The van der Waals surface area contributed by atoms with Crippen LogP contribution in [-0.4, -0.2) is 74.6 Å². The van der Waals surface area contributed by atoms with Crippen molar-refractivity contribution in [1.82, 2.24) is 9.80 Å². The molecule has 2 unspecified atom stereocenters. The van der Waals surface area contributed by atoms with Gasteiger partial charge in [-0.2, -0.15) is 0 Å². The maximum Gasteiger partial charge on any atom is 0.305 e. The summed E-state index contributed by atoms with van der Waals surface area (Å²) in [5.41, 5.74) is 0. The summed E-state index contributed by atoms with van der Waals surface area (Å²) in [6.45, 7) is 15.2. The second-order valence-electron chi connectivity index (χ2n) is 20.3. The highest BCUT2D eigenvalue weighted by Crippen LogP contribution is 2.24. The Balaban J connectivity index is 4.92. The first-order valence-electron chi connectivity index (χ1n) is 28.5. The van der Waals surface area contributed by atoms with Crippen molar-refractivity contribution in [2.24, 2.45) is 17.8 Å². The van der Waals surface area contributed by atoms with Crippen molar-refractivity contribution < 1.29 is 23.9 Å². The van der Waals surface area contributed by atoms with Crippen molar-refractivity contribution in [2.45, 2.75) is 285 Å². The Labute approximate surface area is 399 Å². The molecular formula is C57H112N2O5. The second-order valence-corrected chi connectivity index (χ2v) is 20.3. The van der Waals surface area contributed by atoms with Crippen molar-refractivity contribution in [3.63, 3.8) is 0 Å². The minimum absolute atomic E-state index is 0.0120. The van der Waals surface area contributed by atoms with Gasteiger partial charge in [0.25, 0.3) is 0 Å². The van der Waals surface area contributed by atoms with Crippen LogP contribution in [0.5, 0.6) is 0 Å². The first-order valence-corrected chi connectivity index (χ1v) is 28.5. The van der Waals surface area contributed by atoms with E-state index in [1.165, 1.54) is 148 Å². The van der Waals surface area contributed by atoms with E-state index in [4.69, 9.17) is 9.47 Å². The van der Waals surface area contributed by atoms with E-state index in [2.05, 4.69) is 58.5 Å². The highest BCUT2D eigenvalue weighted by molar-refractivity contribution is 5.78. The summed E-state index contributed by atoms with van der Waals surface area (Å²) >= 11 is 0. The molecule has 0 fully saturated rings. The minimum Gasteiger partial charge on any atom is -0.465 e. The van der Waals surface area contributed by atoms with Crippen LogP contribution < -0.4 is 0 Å². The van der Waals surface area contributed by atoms with Gasteiger partial charge in [0.15, 0.2) is 0 Å². The normalized spacial score (nSPS) is 13.0. The quantitative estimate of drug-likeness (QED) is 0.0447. The molecule has 0 aromatic heterocycles. The maximum absolute atomic E-state index is 14.3. The number of unbranched alkanes of at least 4 members (excludes halogenated alkanes) is 23. The molecule has 0 aliphatic carbocycles. The molecular weight excluding hydrogens is 793 g/mol. The molecule has 0 heterocycles. The molecule has 0 spiro atoms. The molecule has 0 rings (SSSR count). The number of nitrogens with zero attached hydrogens (tertiary/aromatic N) is 2. The summed E-state index contributed by atoms with van der Waals surface area (Å²) in [6, 6.07) is 0. The van der Waals surface area contributed by atoms with Crippen LogP contribution >= 0.6 is 0 Å². The van der Waals surface area contributed by atoms with Crippen molar-refractivity contribution in [1.29, 1.82) is 0 Å². The van der Waals surface area contributed by atoms with Crippen molar-refractivity contribution >= 4 is 17.8 Å². The Bertz CT molecular complexity index is 964. The van der Waals surface area contributed by atoms with E-state index in [9.17, 15) is 14.4 Å². The van der Waals surface area contributed by atoms with Gasteiger partial charge in [-0.3, -0.25) is 14.4 Å². The van der Waals surface area contributed by atoms with Crippen LogP contribution in [0.15, 0.2) is 0 Å². The molecule has 0 aromatic carbocycles. The lowest BCUT2D eigenvalue weighted by Gasteiger charge is -2.28. The third kappa shape index (κ3) is 40.6. The summed E-state index contributed by atoms with van der Waals surface area (Å²) in [5, 5.41) is 0. The summed E-state index contributed by atoms with van der Waals surface area (Å²) in [6.07, 6.45) is 44.5. The molecule has 1 amide bonds. The molecule has 64 heavy (non-hydrogen) atoms. The molecule has 2 atom stereocenters. The lowest BCUT2D eigenvalue weighted by atomic mass is 9.92. The van der Waals surface area contributed by atoms with Gasteiger partial charge in [-0.05, 0) is 96.7 Å². The summed E-state index contributed by atoms with van der Waals surface area (Å²) in [7, 11) is 4.25. The molecule has 0 saturated carbocycles. The maximum atomic E-state index is 14.3. The topological polar surface area (TPSA) is 76.2 Å². The summed E-state index contributed by atoms with van der Waals surface area (Å²) < 4.78 is 11.5. The third-order valence-electron chi connectivity index (χ3n) is 13.7. The van der Waals surface area contributed by atoms with Crippen LogP contribution in [0.25, 0.3) is 0 Å². The van der Waals surface area contributed by atoms with E-state index in [1.807, 2.05) is 0 Å². The average molecular weight is 906 g/mol. The van der Waals surface area contributed by atoms with Gasteiger partial charge in [-0.15, -0.1) is 0 Å². The zero-order valence-electron chi connectivity index (χ0n) is 44.3. The average Bonchev–Trinajstić information content (AvgIpc) is 3.28. The number of hydrogen-bond donors (Lipinski definition) is 0. The van der Waals surface area contributed by atoms with Crippen LogP contribution in [0.2, 0.25) is 0 Å². The number of ether oxygens (including phenoxy) is 2. The largest absolute Gasteiger partial charge is 0.465 e. The lowest BCUT2D eigenvalue weighted by molar-refractivity contribution is -0.146. The Kier molecular flexibility index (Phi) is 46.6. The molecule has 0 N–H and O–H groups in total. The van der Waals surface area contributed by atoms with Gasteiger partial charge in [0, 0.05) is 31.8 Å². The molecule has 7 nitrogen and oxygen atoms in total. The molecule has 0 aliphatic rings. The van der Waals surface area contributed by atoms with Crippen LogP contribution in [0.3, 0.4) is 0 Å². The highest BCUT2D eigenvalue weighted by Gasteiger charge is 2.24. The lowest BCUT2D eigenvalue weighted by Crippen LogP contribution is -2.38. The molecule has 0 bridgehead atoms. The molecule has 380 valence electrons. The van der Waals surface area contributed by atoms with Gasteiger partial charge in [0.05, 0.1) is 13.2 Å². The van der Waals surface area contributed by atoms with Crippen LogP contribution in [-0.2, 0) is 23.9 Å². The number of carbonyl (C=O) groups is 3. The fourth-order valence-corrected chi connectivity index (χ4v) is 9.27. The van der Waals surface area contributed by atoms with Gasteiger partial charge in [0.1, 0.15) is 0 Å². The smallest absolute Gasteiger partial charge is 0.305 e. The Morgan fingerprint density at radius 2 is 0.688 bits per heavy atom. The number of carbonyl (C=O) groups excluding carboxylic acids is 3. The molecule has 7 heteroatoms. The zero-order chi connectivity index (χ0) is 47.1. The fraction of sp³-hybridized carbons (Fsp3) is 0.947. The zero-order valence-corrected chi connectivity index (χ0v) is 44.3. The van der Waals surface area contributed by atoms with Gasteiger partial charge >= 0.3 is 11.9 Å². The van der Waals surface area contributed by atoms with Gasteiger partial charge in [-0.1, -0.05) is 208 Å². The van der Waals surface area contributed by atoms with Crippen molar-refractivity contribution in [2.75, 3.05) is 46.9 Å². The van der Waals surface area contributed by atoms with Gasteiger partial charge < -0.3 is 19.3 Å². The van der Waals surface area contributed by atoms with E-state index in [0.717, 1.165) is 110 Å². The summed E-state index contributed by atoms with van der Waals surface area (Å²) in [5.74, 6) is 1.54. The van der Waals surface area contributed by atoms with E-state index in [-0.39, 0.29) is 17.9 Å². The van der Waals surface area contributed by atoms with Gasteiger partial charge in [-0.25, -0.2) is 0 Å². The molecule has 0 saturated heterocycles. The fourth-order valence-electron chi connectivity index (χ4n) is 9.27. The number of esters is 2. The Hall–Kier alpha value is -1.63. The summed E-state index contributed by atoms with van der Waals surface area (Å²) in [4.78, 5) is 43.9. The SMILES string of the molecule is CCCCCCCCN(CCCN(C)C)C(=O)C(CCCCCCCCC(=O)OCC(CCCC)CCCCCC)CCCCCCCCC(=O)OCC(CCCC)CCCCCC. The van der Waals surface area contributed by atoms with E-state index >= 15 is 0 Å². The predicted octanol–water partition coefficient (Wildman–Crippen LogP) is 16.6. The monoisotopic (exact) mass is 905 g/mol. The van der Waals surface area contributed by atoms with Crippen molar-refractivity contribution in [3.05, 3.63) is 0 Å². The first kappa shape index (κ1) is 62.4. The van der Waals surface area contributed by atoms with Crippen molar-refractivity contribution in [3.8, 4) is 0 Å². The van der Waals surface area contributed by atoms with Crippen LogP contribution in [0.4, 0.5) is 0 Å². The molecule has 0 radical (unpaired) electrons. The van der Waals surface area contributed by atoms with Crippen LogP contribution in [0.1, 0.15) is 285 Å². The van der Waals surface area contributed by atoms with Crippen LogP contribution in [0, 0.1) is 17.8 Å². The second kappa shape index (κ2) is 47.8. The molecule has 0 aromatic rings. The number of hydrogen-bond acceptors (Lipinski definition) is 6.